The zero-order valence-electron chi connectivity index (χ0n) is 16.3. The molecule has 7 heteroatoms. The molecule has 0 spiro atoms. The van der Waals surface area contributed by atoms with Crippen molar-refractivity contribution in [3.63, 3.8) is 0 Å². The van der Waals surface area contributed by atoms with Gasteiger partial charge >= 0.3 is 0 Å². The minimum atomic E-state index is 0. The maximum absolute atomic E-state index is 4.70. The van der Waals surface area contributed by atoms with E-state index in [2.05, 4.69) is 45.5 Å². The summed E-state index contributed by atoms with van der Waals surface area (Å²) in [4.78, 5) is 14.1. The highest BCUT2D eigenvalue weighted by atomic mass is 127. The lowest BCUT2D eigenvalue weighted by Crippen LogP contribution is -2.38. The minimum Gasteiger partial charge on any atom is -0.357 e. The second kappa shape index (κ2) is 14.2. The third kappa shape index (κ3) is 9.68. The quantitative estimate of drug-likeness (QED) is 0.261. The molecule has 0 amide bonds. The van der Waals surface area contributed by atoms with Crippen LogP contribution in [0.25, 0.3) is 0 Å². The normalized spacial score (nSPS) is 16.6. The molecule has 6 nitrogen and oxygen atoms in total. The van der Waals surface area contributed by atoms with Gasteiger partial charge in [-0.3, -0.25) is 9.98 Å². The molecule has 0 atom stereocenters. The van der Waals surface area contributed by atoms with E-state index in [1.54, 1.807) is 0 Å². The van der Waals surface area contributed by atoms with Gasteiger partial charge in [0, 0.05) is 51.0 Å². The van der Waals surface area contributed by atoms with E-state index < -0.39 is 0 Å². The minimum absolute atomic E-state index is 0. The van der Waals surface area contributed by atoms with Gasteiger partial charge in [0.25, 0.3) is 0 Å². The first-order valence-corrected chi connectivity index (χ1v) is 9.61. The van der Waals surface area contributed by atoms with Crippen molar-refractivity contribution in [3.05, 3.63) is 30.1 Å². The molecule has 1 aliphatic rings. The SMILES string of the molecule is CCNC(=NCCCN1CCCN(C)CC1)NCCc1ccccn1.I. The Hall–Kier alpha value is -0.930. The number of pyridine rings is 1. The largest absolute Gasteiger partial charge is 0.357 e. The Kier molecular flexibility index (Phi) is 12.6. The lowest BCUT2D eigenvalue weighted by molar-refractivity contribution is 0.275. The second-order valence-corrected chi connectivity index (χ2v) is 6.61. The van der Waals surface area contributed by atoms with Crippen LogP contribution in [0.3, 0.4) is 0 Å². The molecule has 0 aliphatic carbocycles. The molecule has 0 radical (unpaired) electrons. The average molecular weight is 474 g/mol. The van der Waals surface area contributed by atoms with E-state index >= 15 is 0 Å². The Morgan fingerprint density at radius 2 is 2.08 bits per heavy atom. The molecule has 1 fully saturated rings. The molecule has 148 valence electrons. The first kappa shape index (κ1) is 23.1. The maximum atomic E-state index is 4.70. The molecule has 1 saturated heterocycles. The van der Waals surface area contributed by atoms with Gasteiger partial charge in [0.1, 0.15) is 0 Å². The second-order valence-electron chi connectivity index (χ2n) is 6.61. The van der Waals surface area contributed by atoms with Crippen LogP contribution >= 0.6 is 24.0 Å². The van der Waals surface area contributed by atoms with E-state index in [-0.39, 0.29) is 24.0 Å². The first-order valence-electron chi connectivity index (χ1n) is 9.61. The number of hydrogen-bond donors (Lipinski definition) is 2. The van der Waals surface area contributed by atoms with Gasteiger partial charge < -0.3 is 20.4 Å². The summed E-state index contributed by atoms with van der Waals surface area (Å²) in [6.45, 7) is 10.6. The molecule has 2 rings (SSSR count). The predicted molar refractivity (Wildman–Crippen MR) is 121 cm³/mol. The molecule has 2 heterocycles. The number of guanidine groups is 1. The Morgan fingerprint density at radius 1 is 1.19 bits per heavy atom. The van der Waals surface area contributed by atoms with Crippen LogP contribution in [0, 0.1) is 0 Å². The average Bonchev–Trinajstić information content (AvgIpc) is 2.84. The van der Waals surface area contributed by atoms with Crippen LogP contribution in [0.4, 0.5) is 0 Å². The molecule has 1 aromatic heterocycles. The number of aliphatic imine (C=N–C) groups is 1. The molecular weight excluding hydrogens is 439 g/mol. The summed E-state index contributed by atoms with van der Waals surface area (Å²) >= 11 is 0. The number of nitrogens with one attached hydrogen (secondary N) is 2. The van der Waals surface area contributed by atoms with E-state index in [0.717, 1.165) is 50.7 Å². The van der Waals surface area contributed by atoms with E-state index in [0.29, 0.717) is 0 Å². The summed E-state index contributed by atoms with van der Waals surface area (Å²) in [5.41, 5.74) is 1.11. The number of nitrogens with zero attached hydrogens (tertiary/aromatic N) is 4. The van der Waals surface area contributed by atoms with Crippen LogP contribution in [-0.2, 0) is 6.42 Å². The Labute approximate surface area is 175 Å². The van der Waals surface area contributed by atoms with Crippen molar-refractivity contribution in [2.75, 3.05) is 59.4 Å². The van der Waals surface area contributed by atoms with Crippen LogP contribution in [-0.4, -0.2) is 80.1 Å². The van der Waals surface area contributed by atoms with Crippen LogP contribution < -0.4 is 10.6 Å². The van der Waals surface area contributed by atoms with Gasteiger partial charge in [-0.25, -0.2) is 0 Å². The molecule has 2 N–H and O–H groups in total. The van der Waals surface area contributed by atoms with Crippen molar-refractivity contribution in [2.45, 2.75) is 26.2 Å². The fourth-order valence-electron chi connectivity index (χ4n) is 3.01. The third-order valence-corrected chi connectivity index (χ3v) is 4.46. The topological polar surface area (TPSA) is 55.8 Å². The number of hydrogen-bond acceptors (Lipinski definition) is 4. The number of likely N-dealkylation sites (N-methyl/N-ethyl adjacent to an activating group) is 1. The van der Waals surface area contributed by atoms with Crippen molar-refractivity contribution in [3.8, 4) is 0 Å². The summed E-state index contributed by atoms with van der Waals surface area (Å²) in [5.74, 6) is 0.911. The van der Waals surface area contributed by atoms with E-state index in [9.17, 15) is 0 Å². The van der Waals surface area contributed by atoms with E-state index in [4.69, 9.17) is 4.99 Å². The van der Waals surface area contributed by atoms with Crippen molar-refractivity contribution in [2.24, 2.45) is 4.99 Å². The highest BCUT2D eigenvalue weighted by molar-refractivity contribution is 14.0. The van der Waals surface area contributed by atoms with Crippen LogP contribution in [0.2, 0.25) is 0 Å². The molecule has 0 saturated carbocycles. The first-order chi connectivity index (χ1) is 12.3. The lowest BCUT2D eigenvalue weighted by Gasteiger charge is -2.19. The van der Waals surface area contributed by atoms with Crippen LogP contribution in [0.15, 0.2) is 29.4 Å². The molecule has 0 aromatic carbocycles. The van der Waals surface area contributed by atoms with E-state index in [1.165, 1.54) is 32.6 Å². The number of aromatic nitrogens is 1. The number of halogens is 1. The summed E-state index contributed by atoms with van der Waals surface area (Å²) < 4.78 is 0. The zero-order chi connectivity index (χ0) is 17.7. The van der Waals surface area contributed by atoms with Gasteiger partial charge in [0.05, 0.1) is 0 Å². The molecular formula is C19H35IN6. The van der Waals surface area contributed by atoms with Gasteiger partial charge in [0.15, 0.2) is 5.96 Å². The van der Waals surface area contributed by atoms with Crippen LogP contribution in [0.1, 0.15) is 25.5 Å². The van der Waals surface area contributed by atoms with Crippen molar-refractivity contribution in [1.82, 2.24) is 25.4 Å². The highest BCUT2D eigenvalue weighted by Gasteiger charge is 2.11. The standard InChI is InChI=1S/C19H34N6.HI/c1-3-20-19(23-12-9-18-8-4-5-10-21-18)22-11-6-14-25-15-7-13-24(2)16-17-25;/h4-5,8,10H,3,6-7,9,11-17H2,1-2H3,(H2,20,22,23);1H. The molecule has 0 bridgehead atoms. The third-order valence-electron chi connectivity index (χ3n) is 4.46. The fourth-order valence-corrected chi connectivity index (χ4v) is 3.01. The van der Waals surface area contributed by atoms with Gasteiger partial charge in [-0.1, -0.05) is 6.07 Å². The van der Waals surface area contributed by atoms with Gasteiger partial charge in [-0.05, 0) is 58.6 Å². The van der Waals surface area contributed by atoms with Gasteiger partial charge in [0.2, 0.25) is 0 Å². The molecule has 1 aromatic rings. The zero-order valence-corrected chi connectivity index (χ0v) is 18.6. The van der Waals surface area contributed by atoms with Crippen molar-refractivity contribution in [1.29, 1.82) is 0 Å². The highest BCUT2D eigenvalue weighted by Crippen LogP contribution is 2.01. The van der Waals surface area contributed by atoms with Gasteiger partial charge in [-0.2, -0.15) is 0 Å². The smallest absolute Gasteiger partial charge is 0.191 e. The number of rotatable bonds is 8. The van der Waals surface area contributed by atoms with E-state index in [1.807, 2.05) is 18.3 Å². The Morgan fingerprint density at radius 3 is 2.85 bits per heavy atom. The summed E-state index contributed by atoms with van der Waals surface area (Å²) in [5, 5.41) is 6.72. The molecule has 26 heavy (non-hydrogen) atoms. The van der Waals surface area contributed by atoms with Crippen molar-refractivity contribution < 1.29 is 0 Å². The molecule has 0 unspecified atom stereocenters. The summed E-state index contributed by atoms with van der Waals surface area (Å²) in [6, 6.07) is 6.04. The monoisotopic (exact) mass is 474 g/mol. The van der Waals surface area contributed by atoms with Crippen LogP contribution in [0.5, 0.6) is 0 Å². The lowest BCUT2D eigenvalue weighted by atomic mass is 10.3. The maximum Gasteiger partial charge on any atom is 0.191 e. The summed E-state index contributed by atoms with van der Waals surface area (Å²) in [7, 11) is 2.22. The fraction of sp³-hybridized carbons (Fsp3) is 0.684. The summed E-state index contributed by atoms with van der Waals surface area (Å²) in [6.07, 6.45) is 5.14. The Bertz CT molecular complexity index is 496. The van der Waals surface area contributed by atoms with Crippen molar-refractivity contribution >= 4 is 29.9 Å². The van der Waals surface area contributed by atoms with Gasteiger partial charge in [-0.15, -0.1) is 24.0 Å². The predicted octanol–water partition coefficient (Wildman–Crippen LogP) is 1.82. The Balaban J connectivity index is 0.00000338. The molecule has 1 aliphatic heterocycles.